The highest BCUT2D eigenvalue weighted by Gasteiger charge is 2.21. The molecule has 0 saturated carbocycles. The molecule has 0 N–H and O–H groups in total. The molecule has 0 radical (unpaired) electrons. The molecule has 4 nitrogen and oxygen atoms in total. The molecule has 0 bridgehead atoms. The minimum Gasteiger partial charge on any atom is -0.360 e. The van der Waals surface area contributed by atoms with Crippen molar-refractivity contribution < 1.29 is 12.9 Å². The maximum Gasteiger partial charge on any atom is 0.266 e. The number of hydrogen-bond donors (Lipinski definition) is 0. The SMILES string of the molecule is CC(C)c1oncc1S(=O)(=O)Cl. The van der Waals surface area contributed by atoms with E-state index in [9.17, 15) is 8.42 Å². The van der Waals surface area contributed by atoms with Crippen molar-refractivity contribution in [3.8, 4) is 0 Å². The highest BCUT2D eigenvalue weighted by atomic mass is 35.7. The minimum absolute atomic E-state index is 0.0424. The lowest BCUT2D eigenvalue weighted by Gasteiger charge is -1.99. The van der Waals surface area contributed by atoms with Gasteiger partial charge in [0, 0.05) is 16.6 Å². The van der Waals surface area contributed by atoms with Gasteiger partial charge < -0.3 is 4.52 Å². The highest BCUT2D eigenvalue weighted by molar-refractivity contribution is 8.13. The van der Waals surface area contributed by atoms with Gasteiger partial charge in [0.1, 0.15) is 4.90 Å². The monoisotopic (exact) mass is 209 g/mol. The number of aromatic nitrogens is 1. The molecule has 12 heavy (non-hydrogen) atoms. The molecule has 0 fully saturated rings. The third-order valence-corrected chi connectivity index (χ3v) is 2.68. The molecule has 0 aliphatic carbocycles. The van der Waals surface area contributed by atoms with E-state index < -0.39 is 9.05 Å². The van der Waals surface area contributed by atoms with Gasteiger partial charge in [-0.3, -0.25) is 0 Å². The second kappa shape index (κ2) is 3.06. The van der Waals surface area contributed by atoms with Crippen molar-refractivity contribution in [2.75, 3.05) is 0 Å². The van der Waals surface area contributed by atoms with E-state index in [1.165, 1.54) is 0 Å². The van der Waals surface area contributed by atoms with Gasteiger partial charge in [-0.15, -0.1) is 0 Å². The Morgan fingerprint density at radius 2 is 2.17 bits per heavy atom. The lowest BCUT2D eigenvalue weighted by atomic mass is 10.2. The van der Waals surface area contributed by atoms with Gasteiger partial charge in [0.15, 0.2) is 5.76 Å². The standard InChI is InChI=1S/C6H8ClNO3S/c1-4(2)6-5(3-8-11-6)12(7,9)10/h3-4H,1-2H3. The molecule has 0 spiro atoms. The van der Waals surface area contributed by atoms with Gasteiger partial charge in [0.25, 0.3) is 9.05 Å². The summed E-state index contributed by atoms with van der Waals surface area (Å²) in [5.41, 5.74) is 0. The molecular formula is C6H8ClNO3S. The third-order valence-electron chi connectivity index (χ3n) is 1.35. The largest absolute Gasteiger partial charge is 0.360 e. The Bertz CT molecular complexity index is 368. The molecule has 1 aromatic rings. The van der Waals surface area contributed by atoms with Crippen LogP contribution in [0, 0.1) is 0 Å². The zero-order valence-electron chi connectivity index (χ0n) is 6.61. The Hall–Kier alpha value is -0.550. The molecule has 0 aromatic carbocycles. The second-order valence-electron chi connectivity index (χ2n) is 2.65. The molecular weight excluding hydrogens is 202 g/mol. The first kappa shape index (κ1) is 9.54. The Kier molecular flexibility index (Phi) is 2.44. The van der Waals surface area contributed by atoms with E-state index in [1.54, 1.807) is 13.8 Å². The molecule has 1 heterocycles. The van der Waals surface area contributed by atoms with Crippen LogP contribution in [0.5, 0.6) is 0 Å². The van der Waals surface area contributed by atoms with Crippen molar-refractivity contribution in [2.24, 2.45) is 0 Å². The quantitative estimate of drug-likeness (QED) is 0.696. The van der Waals surface area contributed by atoms with Gasteiger partial charge in [-0.25, -0.2) is 8.42 Å². The van der Waals surface area contributed by atoms with Gasteiger partial charge in [-0.2, -0.15) is 0 Å². The maximum atomic E-state index is 10.9. The molecule has 6 heteroatoms. The average molecular weight is 210 g/mol. The number of nitrogens with zero attached hydrogens (tertiary/aromatic N) is 1. The molecule has 0 aliphatic heterocycles. The smallest absolute Gasteiger partial charge is 0.266 e. The summed E-state index contributed by atoms with van der Waals surface area (Å²) in [5, 5.41) is 3.37. The number of halogens is 1. The maximum absolute atomic E-state index is 10.9. The predicted octanol–water partition coefficient (Wildman–Crippen LogP) is 1.73. The Morgan fingerprint density at radius 1 is 1.58 bits per heavy atom. The van der Waals surface area contributed by atoms with Crippen LogP contribution in [0.25, 0.3) is 0 Å². The molecule has 1 aromatic heterocycles. The van der Waals surface area contributed by atoms with Gasteiger partial charge >= 0.3 is 0 Å². The highest BCUT2D eigenvalue weighted by Crippen LogP contribution is 2.25. The van der Waals surface area contributed by atoms with Gasteiger partial charge in [-0.1, -0.05) is 19.0 Å². The predicted molar refractivity (Wildman–Crippen MR) is 43.6 cm³/mol. The van der Waals surface area contributed by atoms with Crippen molar-refractivity contribution in [2.45, 2.75) is 24.7 Å². The van der Waals surface area contributed by atoms with Crippen LogP contribution in [0.1, 0.15) is 25.5 Å². The molecule has 0 atom stereocenters. The second-order valence-corrected chi connectivity index (χ2v) is 5.18. The van der Waals surface area contributed by atoms with Crippen molar-refractivity contribution in [3.05, 3.63) is 12.0 Å². The Morgan fingerprint density at radius 3 is 2.50 bits per heavy atom. The summed E-state index contributed by atoms with van der Waals surface area (Å²) in [4.78, 5) is -0.0424. The van der Waals surface area contributed by atoms with E-state index in [-0.39, 0.29) is 10.8 Å². The summed E-state index contributed by atoms with van der Waals surface area (Å²) in [6.07, 6.45) is 1.11. The van der Waals surface area contributed by atoms with Gasteiger partial charge in [0.2, 0.25) is 0 Å². The van der Waals surface area contributed by atoms with Crippen molar-refractivity contribution in [1.29, 1.82) is 0 Å². The summed E-state index contributed by atoms with van der Waals surface area (Å²) in [5.74, 6) is 0.251. The molecule has 68 valence electrons. The van der Waals surface area contributed by atoms with Gasteiger partial charge in [0.05, 0.1) is 6.20 Å². The summed E-state index contributed by atoms with van der Waals surface area (Å²) in [6.45, 7) is 3.60. The fourth-order valence-corrected chi connectivity index (χ4v) is 1.84. The van der Waals surface area contributed by atoms with E-state index in [4.69, 9.17) is 15.2 Å². The fraction of sp³-hybridized carbons (Fsp3) is 0.500. The molecule has 1 rings (SSSR count). The lowest BCUT2D eigenvalue weighted by molar-refractivity contribution is 0.366. The zero-order valence-corrected chi connectivity index (χ0v) is 8.19. The summed E-state index contributed by atoms with van der Waals surface area (Å²) >= 11 is 0. The van der Waals surface area contributed by atoms with Crippen LogP contribution in [0.3, 0.4) is 0 Å². The van der Waals surface area contributed by atoms with Crippen LogP contribution in [0.15, 0.2) is 15.6 Å². The van der Waals surface area contributed by atoms with Crippen LogP contribution >= 0.6 is 10.7 Å². The topological polar surface area (TPSA) is 60.2 Å². The zero-order chi connectivity index (χ0) is 9.35. The van der Waals surface area contributed by atoms with Crippen molar-refractivity contribution in [3.63, 3.8) is 0 Å². The minimum atomic E-state index is -3.72. The van der Waals surface area contributed by atoms with Crippen molar-refractivity contribution >= 4 is 19.7 Å². The summed E-state index contributed by atoms with van der Waals surface area (Å²) in [7, 11) is 1.40. The molecule has 0 amide bonds. The van der Waals surface area contributed by atoms with Crippen LogP contribution < -0.4 is 0 Å². The van der Waals surface area contributed by atoms with E-state index >= 15 is 0 Å². The molecule has 0 aliphatic rings. The molecule has 0 saturated heterocycles. The van der Waals surface area contributed by atoms with Crippen LogP contribution in [0.4, 0.5) is 0 Å². The van der Waals surface area contributed by atoms with E-state index in [1.807, 2.05) is 0 Å². The first-order valence-electron chi connectivity index (χ1n) is 3.32. The lowest BCUT2D eigenvalue weighted by Crippen LogP contribution is -1.95. The van der Waals surface area contributed by atoms with E-state index in [0.29, 0.717) is 5.76 Å². The van der Waals surface area contributed by atoms with Crippen LogP contribution in [-0.4, -0.2) is 13.6 Å². The van der Waals surface area contributed by atoms with Crippen LogP contribution in [0.2, 0.25) is 0 Å². The Labute approximate surface area is 74.9 Å². The van der Waals surface area contributed by atoms with E-state index in [2.05, 4.69) is 5.16 Å². The first-order chi connectivity index (χ1) is 5.43. The normalized spacial score (nSPS) is 12.3. The average Bonchev–Trinajstić information content (AvgIpc) is 2.30. The first-order valence-corrected chi connectivity index (χ1v) is 5.63. The fourth-order valence-electron chi connectivity index (χ4n) is 0.813. The Balaban J connectivity index is 3.26. The molecule has 0 unspecified atom stereocenters. The van der Waals surface area contributed by atoms with E-state index in [0.717, 1.165) is 6.20 Å². The third kappa shape index (κ3) is 1.78. The van der Waals surface area contributed by atoms with Gasteiger partial charge in [-0.05, 0) is 0 Å². The van der Waals surface area contributed by atoms with Crippen molar-refractivity contribution in [1.82, 2.24) is 5.16 Å². The summed E-state index contributed by atoms with van der Waals surface area (Å²) in [6, 6.07) is 0. The van der Waals surface area contributed by atoms with Crippen LogP contribution in [-0.2, 0) is 9.05 Å². The number of hydrogen-bond acceptors (Lipinski definition) is 4. The number of rotatable bonds is 2. The summed E-state index contributed by atoms with van der Waals surface area (Å²) < 4.78 is 26.5.